The number of amides is 1. The van der Waals surface area contributed by atoms with E-state index in [4.69, 9.17) is 10.5 Å². The number of nitrogens with two attached hydrogens (primary N) is 1. The number of hydrogen-bond acceptors (Lipinski definition) is 3. The molecule has 4 nitrogen and oxygen atoms in total. The van der Waals surface area contributed by atoms with Crippen LogP contribution in [-0.4, -0.2) is 35.2 Å². The lowest BCUT2D eigenvalue weighted by Gasteiger charge is -2.31. The van der Waals surface area contributed by atoms with Gasteiger partial charge in [-0.2, -0.15) is 0 Å². The molecule has 0 aromatic rings. The Balaban J connectivity index is 1.94. The van der Waals surface area contributed by atoms with Crippen LogP contribution in [0.3, 0.4) is 0 Å². The Labute approximate surface area is 90.8 Å². The van der Waals surface area contributed by atoms with Gasteiger partial charge in [-0.1, -0.05) is 0 Å². The Hall–Kier alpha value is -0.770. The maximum atomic E-state index is 11.8. The van der Waals surface area contributed by atoms with E-state index >= 15 is 0 Å². The van der Waals surface area contributed by atoms with Crippen molar-refractivity contribution in [1.29, 1.82) is 0 Å². The molecule has 0 aromatic carbocycles. The van der Waals surface area contributed by atoms with Crippen molar-refractivity contribution < 1.29 is 9.53 Å². The van der Waals surface area contributed by atoms with Crippen LogP contribution in [0, 0.1) is 5.92 Å². The molecule has 1 saturated carbocycles. The molecular formula is C11H20N2O2. The van der Waals surface area contributed by atoms with E-state index in [9.17, 15) is 4.79 Å². The molecule has 1 amide bonds. The van der Waals surface area contributed by atoms with Gasteiger partial charge >= 0.3 is 6.09 Å². The Bertz CT molecular complexity index is 270. The molecule has 15 heavy (non-hydrogen) atoms. The number of fused-ring (bicyclic) bond motifs is 2. The zero-order valence-electron chi connectivity index (χ0n) is 9.69. The molecule has 2 bridgehead atoms. The van der Waals surface area contributed by atoms with Crippen LogP contribution < -0.4 is 5.73 Å². The quantitative estimate of drug-likeness (QED) is 0.659. The van der Waals surface area contributed by atoms with Gasteiger partial charge in [0, 0.05) is 18.6 Å². The van der Waals surface area contributed by atoms with Crippen molar-refractivity contribution in [3.63, 3.8) is 0 Å². The van der Waals surface area contributed by atoms with E-state index in [0.717, 1.165) is 19.4 Å². The predicted octanol–water partition coefficient (Wildman–Crippen LogP) is 1.34. The van der Waals surface area contributed by atoms with Crippen LogP contribution in [0.1, 0.15) is 33.6 Å². The van der Waals surface area contributed by atoms with Crippen LogP contribution in [0.15, 0.2) is 0 Å². The summed E-state index contributed by atoms with van der Waals surface area (Å²) in [7, 11) is 0. The van der Waals surface area contributed by atoms with E-state index in [1.54, 1.807) is 0 Å². The average Bonchev–Trinajstić information content (AvgIpc) is 2.58. The lowest BCUT2D eigenvalue weighted by molar-refractivity contribution is 0.0183. The summed E-state index contributed by atoms with van der Waals surface area (Å²) in [6.45, 7) is 6.46. The second kappa shape index (κ2) is 3.37. The lowest BCUT2D eigenvalue weighted by atomic mass is 10.0. The van der Waals surface area contributed by atoms with Gasteiger partial charge in [0.05, 0.1) is 0 Å². The van der Waals surface area contributed by atoms with Gasteiger partial charge in [-0.3, -0.25) is 0 Å². The van der Waals surface area contributed by atoms with Gasteiger partial charge in [-0.05, 0) is 39.5 Å². The minimum absolute atomic E-state index is 0.179. The van der Waals surface area contributed by atoms with Gasteiger partial charge in [0.2, 0.25) is 0 Å². The maximum Gasteiger partial charge on any atom is 0.410 e. The fourth-order valence-corrected chi connectivity index (χ4v) is 2.54. The van der Waals surface area contributed by atoms with Crippen molar-refractivity contribution in [3.05, 3.63) is 0 Å². The zero-order chi connectivity index (χ0) is 11.2. The summed E-state index contributed by atoms with van der Waals surface area (Å²) in [4.78, 5) is 13.7. The van der Waals surface area contributed by atoms with Crippen molar-refractivity contribution in [2.24, 2.45) is 11.7 Å². The third-order valence-corrected chi connectivity index (χ3v) is 3.22. The van der Waals surface area contributed by atoms with Gasteiger partial charge < -0.3 is 15.4 Å². The standard InChI is InChI=1S/C11H20N2O2/c1-11(2,3)15-10(14)13-6-7-4-8(13)5-9(7)12/h7-9H,4-6,12H2,1-3H3/t7-,8+,9-/m1/s1. The van der Waals surface area contributed by atoms with E-state index in [-0.39, 0.29) is 12.1 Å². The fourth-order valence-electron chi connectivity index (χ4n) is 2.54. The normalized spacial score (nSPS) is 34.7. The predicted molar refractivity (Wildman–Crippen MR) is 57.4 cm³/mol. The Kier molecular flexibility index (Phi) is 2.41. The zero-order valence-corrected chi connectivity index (χ0v) is 9.69. The van der Waals surface area contributed by atoms with Crippen LogP contribution >= 0.6 is 0 Å². The molecule has 3 atom stereocenters. The monoisotopic (exact) mass is 212 g/mol. The fraction of sp³-hybridized carbons (Fsp3) is 0.909. The molecule has 2 fully saturated rings. The molecule has 0 aromatic heterocycles. The summed E-state index contributed by atoms with van der Waals surface area (Å²) in [6, 6.07) is 0.605. The molecule has 0 unspecified atom stereocenters. The molecule has 2 N–H and O–H groups in total. The summed E-state index contributed by atoms with van der Waals surface area (Å²) in [6.07, 6.45) is 1.81. The van der Waals surface area contributed by atoms with Crippen molar-refractivity contribution in [1.82, 2.24) is 4.90 Å². The largest absolute Gasteiger partial charge is 0.444 e. The number of carbonyl (C=O) groups excluding carboxylic acids is 1. The molecule has 2 aliphatic rings. The van der Waals surface area contributed by atoms with E-state index < -0.39 is 5.60 Å². The van der Waals surface area contributed by atoms with E-state index in [1.807, 2.05) is 25.7 Å². The smallest absolute Gasteiger partial charge is 0.410 e. The first kappa shape index (κ1) is 10.7. The van der Waals surface area contributed by atoms with Gasteiger partial charge in [0.1, 0.15) is 5.60 Å². The molecule has 1 aliphatic carbocycles. The van der Waals surface area contributed by atoms with Gasteiger partial charge in [0.25, 0.3) is 0 Å². The van der Waals surface area contributed by atoms with Crippen molar-refractivity contribution in [2.45, 2.75) is 51.3 Å². The third kappa shape index (κ3) is 2.09. The number of ether oxygens (including phenoxy) is 1. The summed E-state index contributed by atoms with van der Waals surface area (Å²) < 4.78 is 5.36. The number of carbonyl (C=O) groups is 1. The molecule has 1 heterocycles. The number of hydrogen-bond donors (Lipinski definition) is 1. The number of rotatable bonds is 0. The number of likely N-dealkylation sites (tertiary alicyclic amines) is 1. The first-order chi connectivity index (χ1) is 6.87. The molecular weight excluding hydrogens is 192 g/mol. The van der Waals surface area contributed by atoms with Crippen LogP contribution in [-0.2, 0) is 4.74 Å². The second-order valence-electron chi connectivity index (χ2n) is 5.68. The lowest BCUT2D eigenvalue weighted by Crippen LogP contribution is -2.46. The van der Waals surface area contributed by atoms with E-state index in [2.05, 4.69) is 0 Å². The second-order valence-corrected chi connectivity index (χ2v) is 5.68. The number of piperidine rings is 1. The van der Waals surface area contributed by atoms with Crippen molar-refractivity contribution >= 4 is 6.09 Å². The molecule has 0 radical (unpaired) electrons. The highest BCUT2D eigenvalue weighted by Crippen LogP contribution is 2.37. The van der Waals surface area contributed by atoms with Gasteiger partial charge in [-0.15, -0.1) is 0 Å². The van der Waals surface area contributed by atoms with Crippen LogP contribution in [0.4, 0.5) is 4.79 Å². The van der Waals surface area contributed by atoms with E-state index in [1.165, 1.54) is 0 Å². The molecule has 86 valence electrons. The highest BCUT2D eigenvalue weighted by molar-refractivity contribution is 5.69. The highest BCUT2D eigenvalue weighted by atomic mass is 16.6. The van der Waals surface area contributed by atoms with Gasteiger partial charge in [0.15, 0.2) is 0 Å². The summed E-state index contributed by atoms with van der Waals surface area (Å²) in [5, 5.41) is 0. The van der Waals surface area contributed by atoms with Crippen molar-refractivity contribution in [3.8, 4) is 0 Å². The third-order valence-electron chi connectivity index (χ3n) is 3.22. The highest BCUT2D eigenvalue weighted by Gasteiger charge is 2.46. The topological polar surface area (TPSA) is 55.6 Å². The Morgan fingerprint density at radius 2 is 2.07 bits per heavy atom. The molecule has 4 heteroatoms. The average molecular weight is 212 g/mol. The van der Waals surface area contributed by atoms with Crippen LogP contribution in [0.25, 0.3) is 0 Å². The van der Waals surface area contributed by atoms with Gasteiger partial charge in [-0.25, -0.2) is 4.79 Å². The molecule has 1 saturated heterocycles. The molecule has 1 aliphatic heterocycles. The molecule has 2 rings (SSSR count). The van der Waals surface area contributed by atoms with Crippen LogP contribution in [0.5, 0.6) is 0 Å². The maximum absolute atomic E-state index is 11.8. The van der Waals surface area contributed by atoms with E-state index in [0.29, 0.717) is 12.0 Å². The summed E-state index contributed by atoms with van der Waals surface area (Å²) in [5.41, 5.74) is 5.53. The Morgan fingerprint density at radius 3 is 2.47 bits per heavy atom. The molecule has 0 spiro atoms. The SMILES string of the molecule is CC(C)(C)OC(=O)N1C[C@H]2C[C@H]1C[C@H]2N. The first-order valence-corrected chi connectivity index (χ1v) is 5.62. The minimum Gasteiger partial charge on any atom is -0.444 e. The first-order valence-electron chi connectivity index (χ1n) is 5.62. The van der Waals surface area contributed by atoms with Crippen molar-refractivity contribution in [2.75, 3.05) is 6.54 Å². The summed E-state index contributed by atoms with van der Waals surface area (Å²) >= 11 is 0. The number of nitrogens with zero attached hydrogens (tertiary/aromatic N) is 1. The van der Waals surface area contributed by atoms with Crippen LogP contribution in [0.2, 0.25) is 0 Å². The Morgan fingerprint density at radius 1 is 1.40 bits per heavy atom. The minimum atomic E-state index is -0.402. The summed E-state index contributed by atoms with van der Waals surface area (Å²) in [5.74, 6) is 0.488.